The smallest absolute Gasteiger partial charge is 0.324 e. The molecule has 0 atom stereocenters. The summed E-state index contributed by atoms with van der Waals surface area (Å²) in [7, 11) is 1.12. The highest BCUT2D eigenvalue weighted by molar-refractivity contribution is 5.68. The van der Waals surface area contributed by atoms with Gasteiger partial charge in [0.1, 0.15) is 5.56 Å². The fourth-order valence-electron chi connectivity index (χ4n) is 2.00. The summed E-state index contributed by atoms with van der Waals surface area (Å²) in [5.74, 6) is -2.18. The van der Waals surface area contributed by atoms with Crippen LogP contribution in [-0.2, 0) is 11.2 Å². The maximum absolute atomic E-state index is 11.1. The monoisotopic (exact) mass is 314 g/mol. The van der Waals surface area contributed by atoms with Crippen LogP contribution in [0.15, 0.2) is 6.07 Å². The van der Waals surface area contributed by atoms with Crippen molar-refractivity contribution in [2.24, 2.45) is 0 Å². The van der Waals surface area contributed by atoms with Gasteiger partial charge in [-0.3, -0.25) is 25.0 Å². The number of hydrogen-bond acceptors (Lipinski definition) is 7. The molecular formula is C12H14N2O8. The second-order valence-electron chi connectivity index (χ2n) is 4.39. The minimum atomic E-state index is -1.03. The van der Waals surface area contributed by atoms with Crippen molar-refractivity contribution in [3.8, 4) is 11.5 Å². The molecule has 0 aliphatic heterocycles. The van der Waals surface area contributed by atoms with E-state index in [0.29, 0.717) is 0 Å². The number of carboxylic acid groups (broad SMARTS) is 1. The van der Waals surface area contributed by atoms with Gasteiger partial charge in [0.2, 0.25) is 5.75 Å². The number of nitrogens with zero attached hydrogens (tertiary/aromatic N) is 2. The summed E-state index contributed by atoms with van der Waals surface area (Å²) >= 11 is 0. The zero-order valence-corrected chi connectivity index (χ0v) is 11.6. The summed E-state index contributed by atoms with van der Waals surface area (Å²) in [6.07, 6.45) is 0.150. The first-order chi connectivity index (χ1) is 10.3. The minimum Gasteiger partial charge on any atom is -0.500 e. The summed E-state index contributed by atoms with van der Waals surface area (Å²) < 4.78 is 4.70. The van der Waals surface area contributed by atoms with E-state index in [0.717, 1.165) is 13.2 Å². The van der Waals surface area contributed by atoms with Gasteiger partial charge in [0, 0.05) is 6.42 Å². The molecule has 0 bridgehead atoms. The number of phenolic OH excluding ortho intramolecular Hbond substituents is 1. The molecule has 10 nitrogen and oxygen atoms in total. The van der Waals surface area contributed by atoms with E-state index in [4.69, 9.17) is 9.84 Å². The molecule has 0 fully saturated rings. The van der Waals surface area contributed by atoms with Gasteiger partial charge in [-0.05, 0) is 19.3 Å². The molecule has 0 amide bonds. The van der Waals surface area contributed by atoms with Crippen LogP contribution in [0.4, 0.5) is 11.4 Å². The molecule has 0 unspecified atom stereocenters. The molecule has 1 aromatic rings. The van der Waals surface area contributed by atoms with Crippen molar-refractivity contribution < 1.29 is 29.6 Å². The predicted molar refractivity (Wildman–Crippen MR) is 73.2 cm³/mol. The first kappa shape index (κ1) is 17.1. The first-order valence-corrected chi connectivity index (χ1v) is 6.23. The van der Waals surface area contributed by atoms with Gasteiger partial charge < -0.3 is 14.9 Å². The summed E-state index contributed by atoms with van der Waals surface area (Å²) in [5, 5.41) is 40.5. The zero-order valence-electron chi connectivity index (χ0n) is 11.6. The maximum atomic E-state index is 11.1. The Bertz CT molecular complexity index is 614. The third-order valence-electron chi connectivity index (χ3n) is 2.99. The van der Waals surface area contributed by atoms with E-state index in [2.05, 4.69) is 0 Å². The second kappa shape index (κ2) is 7.20. The predicted octanol–water partition coefficient (Wildman–Crippen LogP) is 2.01. The van der Waals surface area contributed by atoms with E-state index in [1.807, 2.05) is 0 Å². The summed E-state index contributed by atoms with van der Waals surface area (Å²) in [4.78, 5) is 30.9. The number of ether oxygens (including phenoxy) is 1. The van der Waals surface area contributed by atoms with E-state index in [1.165, 1.54) is 0 Å². The number of rotatable bonds is 8. The number of nitro benzene ring substituents is 2. The van der Waals surface area contributed by atoms with E-state index in [1.54, 1.807) is 0 Å². The number of methoxy groups -OCH3 is 1. The molecule has 10 heteroatoms. The van der Waals surface area contributed by atoms with E-state index in [-0.39, 0.29) is 37.0 Å². The average Bonchev–Trinajstić information content (AvgIpc) is 2.42. The quantitative estimate of drug-likeness (QED) is 0.419. The molecule has 0 radical (unpaired) electrons. The van der Waals surface area contributed by atoms with Crippen LogP contribution in [0.5, 0.6) is 11.5 Å². The van der Waals surface area contributed by atoms with Crippen LogP contribution in [0.1, 0.15) is 24.8 Å². The molecule has 0 aliphatic rings. The average molecular weight is 314 g/mol. The molecule has 22 heavy (non-hydrogen) atoms. The molecule has 0 saturated carbocycles. The van der Waals surface area contributed by atoms with Crippen LogP contribution >= 0.6 is 0 Å². The molecule has 0 spiro atoms. The zero-order chi connectivity index (χ0) is 16.9. The van der Waals surface area contributed by atoms with Crippen molar-refractivity contribution >= 4 is 17.3 Å². The van der Waals surface area contributed by atoms with Crippen LogP contribution in [0, 0.1) is 20.2 Å². The Morgan fingerprint density at radius 1 is 1.27 bits per heavy atom. The normalized spacial score (nSPS) is 10.2. The van der Waals surface area contributed by atoms with Crippen molar-refractivity contribution in [3.05, 3.63) is 31.9 Å². The number of nitro groups is 2. The maximum Gasteiger partial charge on any atom is 0.324 e. The van der Waals surface area contributed by atoms with E-state index >= 15 is 0 Å². The van der Waals surface area contributed by atoms with Gasteiger partial charge in [-0.1, -0.05) is 0 Å². The number of unbranched alkanes of at least 4 members (excludes halogenated alkanes) is 1. The van der Waals surface area contributed by atoms with E-state index < -0.39 is 32.9 Å². The topological polar surface area (TPSA) is 153 Å². The Hall–Kier alpha value is -2.91. The van der Waals surface area contributed by atoms with Crippen LogP contribution in [-0.4, -0.2) is 33.1 Å². The number of carbonyl (C=O) groups is 1. The van der Waals surface area contributed by atoms with Gasteiger partial charge in [0.25, 0.3) is 5.69 Å². The molecular weight excluding hydrogens is 300 g/mol. The highest BCUT2D eigenvalue weighted by atomic mass is 16.6. The second-order valence-corrected chi connectivity index (χ2v) is 4.39. The van der Waals surface area contributed by atoms with Gasteiger partial charge in [-0.2, -0.15) is 0 Å². The lowest BCUT2D eigenvalue weighted by Crippen LogP contribution is -2.04. The lowest BCUT2D eigenvalue weighted by Gasteiger charge is -2.09. The van der Waals surface area contributed by atoms with Gasteiger partial charge >= 0.3 is 11.7 Å². The Morgan fingerprint density at radius 3 is 2.36 bits per heavy atom. The summed E-state index contributed by atoms with van der Waals surface area (Å²) in [5.41, 5.74) is -1.59. The third kappa shape index (κ3) is 3.81. The van der Waals surface area contributed by atoms with Crippen LogP contribution in [0.25, 0.3) is 0 Å². The van der Waals surface area contributed by atoms with Gasteiger partial charge in [-0.15, -0.1) is 0 Å². The van der Waals surface area contributed by atoms with E-state index in [9.17, 15) is 30.1 Å². The fourth-order valence-corrected chi connectivity index (χ4v) is 2.00. The Kier molecular flexibility index (Phi) is 5.61. The molecule has 0 aliphatic carbocycles. The molecule has 0 aromatic heterocycles. The standard InChI is InChI=1S/C12H14N2O8/c1-22-9-6-8(13(18)19)7(4-2-3-5-10(15)16)11(12(9)17)14(20)21/h6,17H,2-5H2,1H3,(H,15,16). The molecule has 0 saturated heterocycles. The summed E-state index contributed by atoms with van der Waals surface area (Å²) in [6.45, 7) is 0. The van der Waals surface area contributed by atoms with Crippen molar-refractivity contribution in [2.45, 2.75) is 25.7 Å². The SMILES string of the molecule is COc1cc([N+](=O)[O-])c(CCCCC(=O)O)c([N+](=O)[O-])c1O. The molecule has 120 valence electrons. The highest BCUT2D eigenvalue weighted by Gasteiger charge is 2.32. The number of hydrogen-bond donors (Lipinski definition) is 2. The van der Waals surface area contributed by atoms with Gasteiger partial charge in [-0.25, -0.2) is 0 Å². The molecule has 2 N–H and O–H groups in total. The van der Waals surface area contributed by atoms with Crippen molar-refractivity contribution in [2.75, 3.05) is 7.11 Å². The minimum absolute atomic E-state index is 0.0997. The van der Waals surface area contributed by atoms with Crippen molar-refractivity contribution in [3.63, 3.8) is 0 Å². The molecule has 1 aromatic carbocycles. The molecule has 1 rings (SSSR count). The van der Waals surface area contributed by atoms with Crippen molar-refractivity contribution in [1.29, 1.82) is 0 Å². The number of phenols is 1. The largest absolute Gasteiger partial charge is 0.500 e. The Morgan fingerprint density at radius 2 is 1.91 bits per heavy atom. The Balaban J connectivity index is 3.26. The third-order valence-corrected chi connectivity index (χ3v) is 2.99. The van der Waals surface area contributed by atoms with Crippen LogP contribution < -0.4 is 4.74 Å². The fraction of sp³-hybridized carbons (Fsp3) is 0.417. The number of aliphatic carboxylic acids is 1. The lowest BCUT2D eigenvalue weighted by atomic mass is 10.0. The lowest BCUT2D eigenvalue weighted by molar-refractivity contribution is -0.396. The number of carboxylic acids is 1. The first-order valence-electron chi connectivity index (χ1n) is 6.23. The Labute approximate surface area is 124 Å². The number of benzene rings is 1. The van der Waals surface area contributed by atoms with Crippen LogP contribution in [0.3, 0.4) is 0 Å². The molecule has 0 heterocycles. The number of aromatic hydroxyl groups is 1. The van der Waals surface area contributed by atoms with Crippen LogP contribution in [0.2, 0.25) is 0 Å². The van der Waals surface area contributed by atoms with Gasteiger partial charge in [0.15, 0.2) is 5.75 Å². The summed E-state index contributed by atoms with van der Waals surface area (Å²) in [6, 6.07) is 0.912. The highest BCUT2D eigenvalue weighted by Crippen LogP contribution is 2.44. The van der Waals surface area contributed by atoms with Crippen molar-refractivity contribution in [1.82, 2.24) is 0 Å². The van der Waals surface area contributed by atoms with Gasteiger partial charge in [0.05, 0.1) is 23.0 Å².